The Labute approximate surface area is 167 Å². The van der Waals surface area contributed by atoms with Crippen molar-refractivity contribution in [3.8, 4) is 0 Å². The van der Waals surface area contributed by atoms with Gasteiger partial charge in [0.05, 0.1) is 12.6 Å². The van der Waals surface area contributed by atoms with Gasteiger partial charge in [-0.1, -0.05) is 12.1 Å². The van der Waals surface area contributed by atoms with E-state index >= 15 is 0 Å². The van der Waals surface area contributed by atoms with Crippen molar-refractivity contribution in [2.24, 2.45) is 0 Å². The molecule has 0 saturated carbocycles. The van der Waals surface area contributed by atoms with Gasteiger partial charge in [-0.25, -0.2) is 0 Å². The number of benzene rings is 1. The van der Waals surface area contributed by atoms with E-state index in [0.717, 1.165) is 32.7 Å². The lowest BCUT2D eigenvalue weighted by atomic mass is 9.96. The van der Waals surface area contributed by atoms with Crippen LogP contribution >= 0.6 is 11.3 Å². The first-order chi connectivity index (χ1) is 12.9. The molecular formula is C22H31N3OS. The number of hydrogen-bond donors (Lipinski definition) is 1. The Kier molecular flexibility index (Phi) is 6.68. The molecule has 0 bridgehead atoms. The summed E-state index contributed by atoms with van der Waals surface area (Å²) in [6.07, 6.45) is 0. The SMILES string of the molecule is Cc1cc(C)c([C@@H](C)NC(=O)CN2CCN(Cc3ccsc3)CC2)cc1C. The molecule has 1 atom stereocenters. The molecule has 2 heterocycles. The van der Waals surface area contributed by atoms with E-state index in [4.69, 9.17) is 0 Å². The molecular weight excluding hydrogens is 354 g/mol. The van der Waals surface area contributed by atoms with Crippen molar-refractivity contribution in [1.82, 2.24) is 15.1 Å². The zero-order valence-corrected chi connectivity index (χ0v) is 17.7. The quantitative estimate of drug-likeness (QED) is 0.824. The maximum Gasteiger partial charge on any atom is 0.234 e. The number of rotatable bonds is 6. The molecule has 0 aliphatic carbocycles. The van der Waals surface area contributed by atoms with Crippen LogP contribution in [0.4, 0.5) is 0 Å². The van der Waals surface area contributed by atoms with Crippen LogP contribution in [0.5, 0.6) is 0 Å². The lowest BCUT2D eigenvalue weighted by Crippen LogP contribution is -2.49. The lowest BCUT2D eigenvalue weighted by molar-refractivity contribution is -0.123. The number of piperazine rings is 1. The maximum absolute atomic E-state index is 12.5. The number of thiophene rings is 1. The third kappa shape index (κ3) is 5.41. The summed E-state index contributed by atoms with van der Waals surface area (Å²) >= 11 is 1.75. The Morgan fingerprint density at radius 2 is 1.74 bits per heavy atom. The Bertz CT molecular complexity index is 764. The Morgan fingerprint density at radius 1 is 1.07 bits per heavy atom. The van der Waals surface area contributed by atoms with Crippen molar-refractivity contribution < 1.29 is 4.79 Å². The van der Waals surface area contributed by atoms with Gasteiger partial charge in [0.2, 0.25) is 5.91 Å². The molecule has 0 unspecified atom stereocenters. The fourth-order valence-corrected chi connectivity index (χ4v) is 4.42. The van der Waals surface area contributed by atoms with Crippen LogP contribution in [0.15, 0.2) is 29.0 Å². The largest absolute Gasteiger partial charge is 0.348 e. The first kappa shape index (κ1) is 20.1. The van der Waals surface area contributed by atoms with E-state index in [2.05, 4.69) is 71.8 Å². The maximum atomic E-state index is 12.5. The molecule has 3 rings (SSSR count). The molecule has 1 amide bonds. The summed E-state index contributed by atoms with van der Waals surface area (Å²) in [7, 11) is 0. The van der Waals surface area contributed by atoms with Crippen LogP contribution in [0.2, 0.25) is 0 Å². The predicted octanol–water partition coefficient (Wildman–Crippen LogP) is 3.67. The highest BCUT2D eigenvalue weighted by Gasteiger charge is 2.20. The molecule has 1 aromatic carbocycles. The molecule has 1 fully saturated rings. The molecule has 0 spiro atoms. The van der Waals surface area contributed by atoms with Gasteiger partial charge in [-0.15, -0.1) is 0 Å². The lowest BCUT2D eigenvalue weighted by Gasteiger charge is -2.34. The van der Waals surface area contributed by atoms with Crippen LogP contribution in [0.1, 0.15) is 40.8 Å². The van der Waals surface area contributed by atoms with Gasteiger partial charge in [0.1, 0.15) is 0 Å². The van der Waals surface area contributed by atoms with Crippen molar-refractivity contribution in [1.29, 1.82) is 0 Å². The number of hydrogen-bond acceptors (Lipinski definition) is 4. The highest BCUT2D eigenvalue weighted by molar-refractivity contribution is 7.07. The third-order valence-corrected chi connectivity index (χ3v) is 6.28. The topological polar surface area (TPSA) is 35.6 Å². The molecule has 1 saturated heterocycles. The van der Waals surface area contributed by atoms with Crippen LogP contribution in [-0.2, 0) is 11.3 Å². The van der Waals surface area contributed by atoms with Crippen molar-refractivity contribution in [2.75, 3.05) is 32.7 Å². The standard InChI is InChI=1S/C22H31N3OS/c1-16-11-18(3)21(12-17(16)2)19(4)23-22(26)14-25-8-6-24(7-9-25)13-20-5-10-27-15-20/h5,10-12,15,19H,6-9,13-14H2,1-4H3,(H,23,26)/t19-/m1/s1. The second-order valence-corrected chi connectivity index (χ2v) is 8.55. The molecule has 4 nitrogen and oxygen atoms in total. The van der Waals surface area contributed by atoms with Crippen LogP contribution < -0.4 is 5.32 Å². The van der Waals surface area contributed by atoms with Gasteiger partial charge in [-0.3, -0.25) is 14.6 Å². The fraction of sp³-hybridized carbons (Fsp3) is 0.500. The minimum absolute atomic E-state index is 0.0386. The molecule has 1 aliphatic rings. The minimum Gasteiger partial charge on any atom is -0.348 e. The Balaban J connectivity index is 1.46. The molecule has 0 radical (unpaired) electrons. The van der Waals surface area contributed by atoms with E-state index in [0.29, 0.717) is 6.54 Å². The summed E-state index contributed by atoms with van der Waals surface area (Å²) in [5.74, 6) is 0.117. The third-order valence-electron chi connectivity index (χ3n) is 5.54. The van der Waals surface area contributed by atoms with Crippen molar-refractivity contribution in [2.45, 2.75) is 40.3 Å². The monoisotopic (exact) mass is 385 g/mol. The normalized spacial score (nSPS) is 17.0. The van der Waals surface area contributed by atoms with E-state index in [9.17, 15) is 4.79 Å². The van der Waals surface area contributed by atoms with Gasteiger partial charge >= 0.3 is 0 Å². The van der Waals surface area contributed by atoms with Crippen molar-refractivity contribution in [3.63, 3.8) is 0 Å². The van der Waals surface area contributed by atoms with Gasteiger partial charge in [0.25, 0.3) is 0 Å². The van der Waals surface area contributed by atoms with Crippen LogP contribution in [-0.4, -0.2) is 48.4 Å². The van der Waals surface area contributed by atoms with Gasteiger partial charge < -0.3 is 5.32 Å². The molecule has 5 heteroatoms. The molecule has 1 aliphatic heterocycles. The molecule has 146 valence electrons. The summed E-state index contributed by atoms with van der Waals surface area (Å²) in [5, 5.41) is 7.54. The number of carbonyl (C=O) groups excluding carboxylic acids is 1. The van der Waals surface area contributed by atoms with E-state index in [1.165, 1.54) is 27.8 Å². The average Bonchev–Trinajstić information content (AvgIpc) is 3.12. The number of amides is 1. The van der Waals surface area contributed by atoms with E-state index in [1.807, 2.05) is 0 Å². The highest BCUT2D eigenvalue weighted by Crippen LogP contribution is 2.21. The molecule has 27 heavy (non-hydrogen) atoms. The summed E-state index contributed by atoms with van der Waals surface area (Å²) in [6, 6.07) is 6.65. The van der Waals surface area contributed by atoms with Gasteiger partial charge in [-0.2, -0.15) is 11.3 Å². The zero-order valence-electron chi connectivity index (χ0n) is 16.9. The van der Waals surface area contributed by atoms with Gasteiger partial charge in [0.15, 0.2) is 0 Å². The number of nitrogens with one attached hydrogen (secondary N) is 1. The second kappa shape index (κ2) is 9.00. The zero-order chi connectivity index (χ0) is 19.4. The van der Waals surface area contributed by atoms with Gasteiger partial charge in [0, 0.05) is 32.7 Å². The van der Waals surface area contributed by atoms with Crippen molar-refractivity contribution in [3.05, 3.63) is 56.8 Å². The first-order valence-corrected chi connectivity index (χ1v) is 10.7. The molecule has 1 N–H and O–H groups in total. The minimum atomic E-state index is 0.0386. The summed E-state index contributed by atoms with van der Waals surface area (Å²) < 4.78 is 0. The van der Waals surface area contributed by atoms with E-state index in [1.54, 1.807) is 11.3 Å². The first-order valence-electron chi connectivity index (χ1n) is 9.75. The van der Waals surface area contributed by atoms with Crippen LogP contribution in [0.3, 0.4) is 0 Å². The van der Waals surface area contributed by atoms with Gasteiger partial charge in [-0.05, 0) is 72.3 Å². The summed E-state index contributed by atoms with van der Waals surface area (Å²) in [5.41, 5.74) is 6.43. The summed E-state index contributed by atoms with van der Waals surface area (Å²) in [4.78, 5) is 17.3. The average molecular weight is 386 g/mol. The van der Waals surface area contributed by atoms with E-state index < -0.39 is 0 Å². The number of aryl methyl sites for hydroxylation is 3. The van der Waals surface area contributed by atoms with Crippen molar-refractivity contribution >= 4 is 17.2 Å². The van der Waals surface area contributed by atoms with Crippen LogP contribution in [0, 0.1) is 20.8 Å². The second-order valence-electron chi connectivity index (χ2n) is 7.77. The molecule has 1 aromatic heterocycles. The highest BCUT2D eigenvalue weighted by atomic mass is 32.1. The number of nitrogens with zero attached hydrogens (tertiary/aromatic N) is 2. The smallest absolute Gasteiger partial charge is 0.234 e. The Morgan fingerprint density at radius 3 is 2.41 bits per heavy atom. The predicted molar refractivity (Wildman–Crippen MR) is 113 cm³/mol. The molecule has 2 aromatic rings. The summed E-state index contributed by atoms with van der Waals surface area (Å²) in [6.45, 7) is 13.9. The van der Waals surface area contributed by atoms with Crippen LogP contribution in [0.25, 0.3) is 0 Å². The Hall–Kier alpha value is -1.69. The van der Waals surface area contributed by atoms with E-state index in [-0.39, 0.29) is 11.9 Å². The number of carbonyl (C=O) groups is 1. The fourth-order valence-electron chi connectivity index (χ4n) is 3.76.